The molecule has 1 aromatic carbocycles. The SMILES string of the molecule is [2H]C([2H])(c1c[nH]c2cccc(OC(=O)C3COC3)c12)C([2H])([2H])N(C)C. The summed E-state index contributed by atoms with van der Waals surface area (Å²) in [6.07, 6.45) is -0.910. The Balaban J connectivity index is 2.06. The maximum atomic E-state index is 12.1. The molecule has 1 aliphatic rings. The predicted molar refractivity (Wildman–Crippen MR) is 80.5 cm³/mol. The highest BCUT2D eigenvalue weighted by molar-refractivity contribution is 5.91. The summed E-state index contributed by atoms with van der Waals surface area (Å²) >= 11 is 0. The molecule has 0 unspecified atom stereocenters. The fourth-order valence-corrected chi connectivity index (χ4v) is 2.07. The van der Waals surface area contributed by atoms with Crippen molar-refractivity contribution in [3.63, 3.8) is 0 Å². The molecule has 0 bridgehead atoms. The minimum Gasteiger partial charge on any atom is -0.425 e. The van der Waals surface area contributed by atoms with E-state index in [1.165, 1.54) is 25.2 Å². The Bertz CT molecular complexity index is 800. The van der Waals surface area contributed by atoms with Crippen molar-refractivity contribution in [2.24, 2.45) is 5.92 Å². The standard InChI is InChI=1S/C16H20N2O3/c1-18(2)7-6-11-8-17-13-4-3-5-14(15(11)13)21-16(19)12-9-20-10-12/h3-5,8,12,17H,6-7,9-10H2,1-2H3/i6D2,7D2. The number of carbonyl (C=O) groups excluding carboxylic acids is 1. The monoisotopic (exact) mass is 292 g/mol. The number of carbonyl (C=O) groups is 1. The smallest absolute Gasteiger partial charge is 0.319 e. The summed E-state index contributed by atoms with van der Waals surface area (Å²) in [6, 6.07) is 5.00. The Hall–Kier alpha value is -1.85. The molecule has 1 fully saturated rings. The van der Waals surface area contributed by atoms with Gasteiger partial charge in [0.1, 0.15) is 11.7 Å². The second-order valence-corrected chi connectivity index (χ2v) is 5.17. The Morgan fingerprint density at radius 1 is 1.52 bits per heavy atom. The number of aryl methyl sites for hydroxylation is 1. The van der Waals surface area contributed by atoms with Crippen molar-refractivity contribution < 1.29 is 19.8 Å². The predicted octanol–water partition coefficient (Wildman–Crippen LogP) is 1.82. The molecule has 2 heterocycles. The lowest BCUT2D eigenvalue weighted by Crippen LogP contribution is -2.37. The van der Waals surface area contributed by atoms with Crippen LogP contribution >= 0.6 is 0 Å². The zero-order valence-electron chi connectivity index (χ0n) is 16.0. The van der Waals surface area contributed by atoms with Gasteiger partial charge in [-0.2, -0.15) is 0 Å². The van der Waals surface area contributed by atoms with Crippen LogP contribution in [0.2, 0.25) is 0 Å². The van der Waals surface area contributed by atoms with E-state index in [1.54, 1.807) is 18.2 Å². The van der Waals surface area contributed by atoms with Crippen molar-refractivity contribution in [1.82, 2.24) is 9.88 Å². The zero-order valence-corrected chi connectivity index (χ0v) is 12.0. The summed E-state index contributed by atoms with van der Waals surface area (Å²) in [5.41, 5.74) is 0.679. The van der Waals surface area contributed by atoms with Crippen LogP contribution in [0.1, 0.15) is 11.0 Å². The molecule has 1 saturated heterocycles. The maximum Gasteiger partial charge on any atom is 0.319 e. The molecule has 1 aliphatic heterocycles. The fourth-order valence-electron chi connectivity index (χ4n) is 2.07. The lowest BCUT2D eigenvalue weighted by atomic mass is 10.1. The lowest BCUT2D eigenvalue weighted by molar-refractivity contribution is -0.153. The van der Waals surface area contributed by atoms with Gasteiger partial charge in [0, 0.05) is 29.1 Å². The molecular formula is C16H20N2O3. The lowest BCUT2D eigenvalue weighted by Gasteiger charge is -2.23. The van der Waals surface area contributed by atoms with Crippen LogP contribution in [0.4, 0.5) is 0 Å². The number of benzene rings is 1. The number of hydrogen-bond acceptors (Lipinski definition) is 4. The molecule has 3 rings (SSSR count). The minimum absolute atomic E-state index is 0.106. The van der Waals surface area contributed by atoms with Gasteiger partial charge in [0.25, 0.3) is 0 Å². The van der Waals surface area contributed by atoms with E-state index in [9.17, 15) is 4.79 Å². The van der Waals surface area contributed by atoms with Gasteiger partial charge in [-0.1, -0.05) is 6.07 Å². The molecule has 0 spiro atoms. The summed E-state index contributed by atoms with van der Waals surface area (Å²) in [4.78, 5) is 16.3. The largest absolute Gasteiger partial charge is 0.425 e. The second-order valence-electron chi connectivity index (χ2n) is 5.17. The normalized spacial score (nSPS) is 19.6. The second kappa shape index (κ2) is 5.87. The van der Waals surface area contributed by atoms with Gasteiger partial charge in [-0.3, -0.25) is 4.79 Å². The molecule has 0 radical (unpaired) electrons. The van der Waals surface area contributed by atoms with E-state index < -0.39 is 18.8 Å². The van der Waals surface area contributed by atoms with Crippen molar-refractivity contribution in [1.29, 1.82) is 0 Å². The van der Waals surface area contributed by atoms with Crippen LogP contribution in [-0.4, -0.2) is 49.7 Å². The summed E-state index contributed by atoms with van der Waals surface area (Å²) in [5, 5.41) is 0.367. The molecule has 5 heteroatoms. The van der Waals surface area contributed by atoms with Crippen molar-refractivity contribution in [3.8, 4) is 5.75 Å². The summed E-state index contributed by atoms with van der Waals surface area (Å²) in [5.74, 6) is -0.534. The number of ether oxygens (including phenoxy) is 2. The highest BCUT2D eigenvalue weighted by atomic mass is 16.6. The van der Waals surface area contributed by atoms with Crippen molar-refractivity contribution in [2.45, 2.75) is 6.37 Å². The summed E-state index contributed by atoms with van der Waals surface area (Å²) in [7, 11) is 2.95. The number of H-pyrrole nitrogens is 1. The van der Waals surface area contributed by atoms with Gasteiger partial charge >= 0.3 is 5.97 Å². The molecule has 5 nitrogen and oxygen atoms in total. The topological polar surface area (TPSA) is 54.6 Å². The average Bonchev–Trinajstić information content (AvgIpc) is 2.90. The maximum absolute atomic E-state index is 12.1. The van der Waals surface area contributed by atoms with Crippen LogP contribution in [0.5, 0.6) is 5.75 Å². The molecular weight excluding hydrogens is 268 g/mol. The summed E-state index contributed by atoms with van der Waals surface area (Å²) in [6.45, 7) is -1.63. The molecule has 1 N–H and O–H groups in total. The van der Waals surface area contributed by atoms with Crippen LogP contribution in [0.25, 0.3) is 10.9 Å². The van der Waals surface area contributed by atoms with E-state index in [1.807, 2.05) is 0 Å². The highest BCUT2D eigenvalue weighted by Gasteiger charge is 2.29. The molecule has 112 valence electrons. The van der Waals surface area contributed by atoms with Crippen molar-refractivity contribution in [2.75, 3.05) is 33.8 Å². The highest BCUT2D eigenvalue weighted by Crippen LogP contribution is 2.30. The van der Waals surface area contributed by atoms with Gasteiger partial charge < -0.3 is 19.4 Å². The molecule has 21 heavy (non-hydrogen) atoms. The van der Waals surface area contributed by atoms with E-state index in [2.05, 4.69) is 4.98 Å². The molecule has 1 aromatic heterocycles. The number of aromatic nitrogens is 1. The van der Waals surface area contributed by atoms with E-state index in [4.69, 9.17) is 15.0 Å². The number of esters is 1. The van der Waals surface area contributed by atoms with Crippen LogP contribution in [0.15, 0.2) is 24.4 Å². The quantitative estimate of drug-likeness (QED) is 0.675. The minimum atomic E-state index is -2.34. The van der Waals surface area contributed by atoms with Crippen LogP contribution < -0.4 is 4.74 Å². The molecule has 0 aliphatic carbocycles. The Kier molecular flexibility index (Phi) is 2.79. The molecule has 0 amide bonds. The Morgan fingerprint density at radius 3 is 3.00 bits per heavy atom. The first-order valence-corrected chi connectivity index (χ1v) is 6.73. The van der Waals surface area contributed by atoms with Crippen LogP contribution in [-0.2, 0) is 15.9 Å². The number of rotatable bonds is 5. The number of nitrogens with zero attached hydrogens (tertiary/aromatic N) is 1. The van der Waals surface area contributed by atoms with E-state index in [0.29, 0.717) is 24.1 Å². The molecule has 0 atom stereocenters. The third-order valence-electron chi connectivity index (χ3n) is 3.26. The number of hydrogen-bond donors (Lipinski definition) is 1. The first-order valence-electron chi connectivity index (χ1n) is 8.73. The number of fused-ring (bicyclic) bond motifs is 1. The van der Waals surface area contributed by atoms with E-state index in [0.717, 1.165) is 0 Å². The average molecular weight is 292 g/mol. The van der Waals surface area contributed by atoms with Gasteiger partial charge in [-0.25, -0.2) is 0 Å². The number of nitrogens with one attached hydrogen (secondary N) is 1. The Labute approximate surface area is 129 Å². The van der Waals surface area contributed by atoms with Gasteiger partial charge in [0.05, 0.1) is 13.2 Å². The van der Waals surface area contributed by atoms with Crippen molar-refractivity contribution in [3.05, 3.63) is 30.0 Å². The van der Waals surface area contributed by atoms with Crippen LogP contribution in [0.3, 0.4) is 0 Å². The van der Waals surface area contributed by atoms with E-state index in [-0.39, 0.29) is 17.2 Å². The number of likely N-dealkylation sites (N-methyl/N-ethyl adjacent to an activating group) is 1. The fraction of sp³-hybridized carbons (Fsp3) is 0.438. The van der Waals surface area contributed by atoms with Gasteiger partial charge in [-0.15, -0.1) is 0 Å². The molecule has 0 saturated carbocycles. The van der Waals surface area contributed by atoms with Gasteiger partial charge in [0.2, 0.25) is 0 Å². The van der Waals surface area contributed by atoms with Gasteiger partial charge in [-0.05, 0) is 38.2 Å². The summed E-state index contributed by atoms with van der Waals surface area (Å²) < 4.78 is 43.5. The van der Waals surface area contributed by atoms with Gasteiger partial charge in [0.15, 0.2) is 0 Å². The first kappa shape index (κ1) is 9.97. The van der Waals surface area contributed by atoms with Crippen LogP contribution in [0, 0.1) is 5.92 Å². The van der Waals surface area contributed by atoms with E-state index >= 15 is 0 Å². The Morgan fingerprint density at radius 2 is 2.33 bits per heavy atom. The van der Waals surface area contributed by atoms with Crippen molar-refractivity contribution >= 4 is 16.9 Å². The number of aromatic amines is 1. The third-order valence-corrected chi connectivity index (χ3v) is 3.26. The third kappa shape index (κ3) is 2.94. The zero-order chi connectivity index (χ0) is 18.4. The molecule has 2 aromatic rings. The first-order chi connectivity index (χ1) is 11.7.